The van der Waals surface area contributed by atoms with Gasteiger partial charge >= 0.3 is 6.18 Å². The van der Waals surface area contributed by atoms with Gasteiger partial charge in [-0.25, -0.2) is 0 Å². The van der Waals surface area contributed by atoms with E-state index in [1.165, 1.54) is 18.2 Å². The second-order valence-corrected chi connectivity index (χ2v) is 3.20. The van der Waals surface area contributed by atoms with Gasteiger partial charge in [0.05, 0.1) is 0 Å². The predicted molar refractivity (Wildman–Crippen MR) is 47.6 cm³/mol. The standard InChI is InChI=1S/C9H8ClF3O/c1-6(9(11,12)13)14-8-4-2-3-7(10)5-8/h2-6H,1H3. The van der Waals surface area contributed by atoms with Crippen LogP contribution < -0.4 is 4.74 Å². The maximum absolute atomic E-state index is 12.1. The molecule has 1 unspecified atom stereocenters. The fourth-order valence-corrected chi connectivity index (χ4v) is 0.992. The van der Waals surface area contributed by atoms with E-state index in [2.05, 4.69) is 4.74 Å². The topological polar surface area (TPSA) is 9.23 Å². The Balaban J connectivity index is 2.70. The van der Waals surface area contributed by atoms with Crippen LogP contribution in [0.25, 0.3) is 0 Å². The second-order valence-electron chi connectivity index (χ2n) is 2.76. The first-order valence-electron chi connectivity index (χ1n) is 3.88. The summed E-state index contributed by atoms with van der Waals surface area (Å²) in [6, 6.07) is 5.85. The van der Waals surface area contributed by atoms with Crippen LogP contribution in [0.1, 0.15) is 6.92 Å². The number of hydrogen-bond donors (Lipinski definition) is 0. The van der Waals surface area contributed by atoms with Gasteiger partial charge in [0.25, 0.3) is 0 Å². The Morgan fingerprint density at radius 2 is 2.00 bits per heavy atom. The van der Waals surface area contributed by atoms with Crippen LogP contribution in [-0.4, -0.2) is 12.3 Å². The van der Waals surface area contributed by atoms with Gasteiger partial charge in [-0.3, -0.25) is 0 Å². The minimum absolute atomic E-state index is 0.113. The maximum Gasteiger partial charge on any atom is 0.425 e. The molecule has 0 aliphatic heterocycles. The lowest BCUT2D eigenvalue weighted by molar-refractivity contribution is -0.189. The fourth-order valence-electron chi connectivity index (χ4n) is 0.811. The highest BCUT2D eigenvalue weighted by atomic mass is 35.5. The number of rotatable bonds is 2. The fraction of sp³-hybridized carbons (Fsp3) is 0.333. The molecule has 1 atom stereocenters. The van der Waals surface area contributed by atoms with Crippen molar-refractivity contribution in [3.05, 3.63) is 29.3 Å². The predicted octanol–water partition coefficient (Wildman–Crippen LogP) is 3.67. The molecule has 1 aromatic carbocycles. The van der Waals surface area contributed by atoms with Gasteiger partial charge < -0.3 is 4.74 Å². The first-order chi connectivity index (χ1) is 6.39. The average molecular weight is 225 g/mol. The van der Waals surface area contributed by atoms with Crippen molar-refractivity contribution >= 4 is 11.6 Å². The van der Waals surface area contributed by atoms with Gasteiger partial charge in [-0.15, -0.1) is 0 Å². The van der Waals surface area contributed by atoms with E-state index in [9.17, 15) is 13.2 Å². The summed E-state index contributed by atoms with van der Waals surface area (Å²) in [6.45, 7) is 0.945. The van der Waals surface area contributed by atoms with E-state index in [0.717, 1.165) is 6.92 Å². The molecule has 0 aliphatic rings. The molecule has 0 radical (unpaired) electrons. The lowest BCUT2D eigenvalue weighted by Gasteiger charge is -2.17. The molecule has 78 valence electrons. The average Bonchev–Trinajstić information content (AvgIpc) is 2.02. The van der Waals surface area contributed by atoms with Crippen LogP contribution in [0, 0.1) is 0 Å². The first kappa shape index (κ1) is 11.2. The van der Waals surface area contributed by atoms with Crippen molar-refractivity contribution in [1.82, 2.24) is 0 Å². The molecule has 1 nitrogen and oxygen atoms in total. The van der Waals surface area contributed by atoms with Gasteiger partial charge in [0, 0.05) is 5.02 Å². The van der Waals surface area contributed by atoms with Gasteiger partial charge in [0.2, 0.25) is 0 Å². The van der Waals surface area contributed by atoms with Crippen molar-refractivity contribution in [2.24, 2.45) is 0 Å². The van der Waals surface area contributed by atoms with Crippen LogP contribution in [0.2, 0.25) is 5.02 Å². The molecule has 0 bridgehead atoms. The molecule has 0 saturated carbocycles. The molecule has 0 aromatic heterocycles. The zero-order valence-corrected chi connectivity index (χ0v) is 8.06. The molecular formula is C9H8ClF3O. The Morgan fingerprint density at radius 1 is 1.36 bits per heavy atom. The SMILES string of the molecule is CC(Oc1cccc(Cl)c1)C(F)(F)F. The van der Waals surface area contributed by atoms with Gasteiger partial charge in [0.1, 0.15) is 5.75 Å². The maximum atomic E-state index is 12.1. The first-order valence-corrected chi connectivity index (χ1v) is 4.26. The van der Waals surface area contributed by atoms with E-state index in [-0.39, 0.29) is 5.75 Å². The molecular weight excluding hydrogens is 217 g/mol. The third-order valence-electron chi connectivity index (χ3n) is 1.57. The molecule has 1 rings (SSSR count). The quantitative estimate of drug-likeness (QED) is 0.745. The Hall–Kier alpha value is -0.900. The number of benzene rings is 1. The minimum atomic E-state index is -4.36. The highest BCUT2D eigenvalue weighted by molar-refractivity contribution is 6.30. The van der Waals surface area contributed by atoms with Crippen molar-refractivity contribution in [2.45, 2.75) is 19.2 Å². The lowest BCUT2D eigenvalue weighted by atomic mass is 10.3. The molecule has 0 aliphatic carbocycles. The van der Waals surface area contributed by atoms with Crippen molar-refractivity contribution in [3.8, 4) is 5.75 Å². The van der Waals surface area contributed by atoms with E-state index in [4.69, 9.17) is 11.6 Å². The third kappa shape index (κ3) is 3.10. The summed E-state index contributed by atoms with van der Waals surface area (Å²) in [7, 11) is 0. The summed E-state index contributed by atoms with van der Waals surface area (Å²) < 4.78 is 40.9. The number of halogens is 4. The smallest absolute Gasteiger partial charge is 0.425 e. The van der Waals surface area contributed by atoms with E-state index in [0.29, 0.717) is 5.02 Å². The van der Waals surface area contributed by atoms with E-state index in [1.807, 2.05) is 0 Å². The molecule has 5 heteroatoms. The molecule has 1 aromatic rings. The summed E-state index contributed by atoms with van der Waals surface area (Å²) in [6.07, 6.45) is -6.19. The third-order valence-corrected chi connectivity index (χ3v) is 1.80. The van der Waals surface area contributed by atoms with Gasteiger partial charge in [0.15, 0.2) is 6.10 Å². The van der Waals surface area contributed by atoms with Crippen LogP contribution >= 0.6 is 11.6 Å². The Kier molecular flexibility index (Phi) is 3.26. The van der Waals surface area contributed by atoms with Crippen LogP contribution in [0.3, 0.4) is 0 Å². The second kappa shape index (κ2) is 4.09. The summed E-state index contributed by atoms with van der Waals surface area (Å²) in [5.74, 6) is 0.113. The highest BCUT2D eigenvalue weighted by Gasteiger charge is 2.37. The van der Waals surface area contributed by atoms with E-state index < -0.39 is 12.3 Å². The number of hydrogen-bond acceptors (Lipinski definition) is 1. The summed E-state index contributed by atoms with van der Waals surface area (Å²) in [5.41, 5.74) is 0. The summed E-state index contributed by atoms with van der Waals surface area (Å²) in [4.78, 5) is 0. The van der Waals surface area contributed by atoms with Crippen molar-refractivity contribution in [2.75, 3.05) is 0 Å². The van der Waals surface area contributed by atoms with Gasteiger partial charge in [-0.05, 0) is 25.1 Å². The van der Waals surface area contributed by atoms with Crippen LogP contribution in [-0.2, 0) is 0 Å². The number of alkyl halides is 3. The monoisotopic (exact) mass is 224 g/mol. The van der Waals surface area contributed by atoms with Crippen molar-refractivity contribution in [1.29, 1.82) is 0 Å². The van der Waals surface area contributed by atoms with Gasteiger partial charge in [-0.1, -0.05) is 17.7 Å². The Bertz CT molecular complexity index is 311. The van der Waals surface area contributed by atoms with Crippen molar-refractivity contribution in [3.63, 3.8) is 0 Å². The largest absolute Gasteiger partial charge is 0.481 e. The molecule has 0 N–H and O–H groups in total. The van der Waals surface area contributed by atoms with Crippen LogP contribution in [0.5, 0.6) is 5.75 Å². The Morgan fingerprint density at radius 3 is 2.50 bits per heavy atom. The molecule has 0 amide bonds. The number of ether oxygens (including phenoxy) is 1. The summed E-state index contributed by atoms with van der Waals surface area (Å²) >= 11 is 5.58. The minimum Gasteiger partial charge on any atom is -0.481 e. The molecule has 0 fully saturated rings. The van der Waals surface area contributed by atoms with Crippen LogP contribution in [0.15, 0.2) is 24.3 Å². The van der Waals surface area contributed by atoms with E-state index in [1.54, 1.807) is 6.07 Å². The summed E-state index contributed by atoms with van der Waals surface area (Å²) in [5, 5.41) is 0.344. The van der Waals surface area contributed by atoms with Crippen LogP contribution in [0.4, 0.5) is 13.2 Å². The normalized spacial score (nSPS) is 13.8. The van der Waals surface area contributed by atoms with Gasteiger partial charge in [-0.2, -0.15) is 13.2 Å². The zero-order valence-electron chi connectivity index (χ0n) is 7.31. The Labute approximate surface area is 84.4 Å². The molecule has 0 heterocycles. The molecule has 14 heavy (non-hydrogen) atoms. The van der Waals surface area contributed by atoms with E-state index >= 15 is 0 Å². The highest BCUT2D eigenvalue weighted by Crippen LogP contribution is 2.26. The lowest BCUT2D eigenvalue weighted by Crippen LogP contribution is -2.31. The molecule has 0 saturated heterocycles. The zero-order chi connectivity index (χ0) is 10.8. The molecule has 0 spiro atoms. The van der Waals surface area contributed by atoms with Crippen molar-refractivity contribution < 1.29 is 17.9 Å².